The molecule has 128 valence electrons. The Bertz CT molecular complexity index is 798. The quantitative estimate of drug-likeness (QED) is 0.912. The summed E-state index contributed by atoms with van der Waals surface area (Å²) in [6.45, 7) is 1.58. The summed E-state index contributed by atoms with van der Waals surface area (Å²) >= 11 is 5.53. The first-order chi connectivity index (χ1) is 11.2. The molecule has 0 unspecified atom stereocenters. The van der Waals surface area contributed by atoms with E-state index in [0.717, 1.165) is 11.1 Å². The molecule has 1 N–H and O–H groups in total. The van der Waals surface area contributed by atoms with Gasteiger partial charge >= 0.3 is 6.18 Å². The summed E-state index contributed by atoms with van der Waals surface area (Å²) in [7, 11) is 0. The number of hydrogen-bond donors (Lipinski definition) is 1. The van der Waals surface area contributed by atoms with Gasteiger partial charge in [-0.2, -0.15) is 13.2 Å². The minimum absolute atomic E-state index is 0.209. The van der Waals surface area contributed by atoms with Crippen LogP contribution in [0, 0.1) is 6.92 Å². The molecule has 0 bridgehead atoms. The third-order valence-corrected chi connectivity index (χ3v) is 3.56. The summed E-state index contributed by atoms with van der Waals surface area (Å²) in [4.78, 5) is 23.7. The van der Waals surface area contributed by atoms with Crippen LogP contribution < -0.4 is 10.9 Å². The summed E-state index contributed by atoms with van der Waals surface area (Å²) in [5.41, 5.74) is -0.0350. The highest BCUT2D eigenvalue weighted by Crippen LogP contribution is 2.29. The molecule has 0 aliphatic rings. The monoisotopic (exact) mass is 358 g/mol. The Morgan fingerprint density at radius 2 is 1.88 bits per heavy atom. The summed E-state index contributed by atoms with van der Waals surface area (Å²) in [5.74, 6) is -0.590. The second kappa shape index (κ2) is 7.09. The molecule has 1 amide bonds. The predicted octanol–water partition coefficient (Wildman–Crippen LogP) is 3.15. The zero-order valence-electron chi connectivity index (χ0n) is 12.7. The first-order valence-electron chi connectivity index (χ1n) is 6.96. The lowest BCUT2D eigenvalue weighted by Crippen LogP contribution is -2.32. The van der Waals surface area contributed by atoms with Crippen LogP contribution in [-0.2, 0) is 24.1 Å². The van der Waals surface area contributed by atoms with Crippen LogP contribution in [0.2, 0.25) is 5.02 Å². The molecule has 0 radical (unpaired) electrons. The first-order valence-corrected chi connectivity index (χ1v) is 7.34. The van der Waals surface area contributed by atoms with E-state index in [1.165, 1.54) is 0 Å². The Balaban J connectivity index is 2.09. The Labute approximate surface area is 140 Å². The van der Waals surface area contributed by atoms with Crippen molar-refractivity contribution >= 4 is 17.5 Å². The molecule has 0 spiro atoms. The molecule has 1 aromatic carbocycles. The lowest BCUT2D eigenvalue weighted by Gasteiger charge is -2.12. The Hall–Kier alpha value is -2.28. The fourth-order valence-corrected chi connectivity index (χ4v) is 2.22. The number of halogens is 4. The minimum Gasteiger partial charge on any atom is -0.350 e. The van der Waals surface area contributed by atoms with Gasteiger partial charge in [0.1, 0.15) is 11.6 Å². The number of carbonyl (C=O) groups excluding carboxylic acids is 1. The summed E-state index contributed by atoms with van der Waals surface area (Å²) in [6.07, 6.45) is -4.07. The van der Waals surface area contributed by atoms with Crippen molar-refractivity contribution in [3.63, 3.8) is 0 Å². The Morgan fingerprint density at radius 3 is 2.46 bits per heavy atom. The second-order valence-electron chi connectivity index (χ2n) is 5.27. The maximum absolute atomic E-state index is 12.7. The van der Waals surface area contributed by atoms with Crippen LogP contribution in [0.15, 0.2) is 41.3 Å². The predicted molar refractivity (Wildman–Crippen MR) is 83.7 cm³/mol. The van der Waals surface area contributed by atoms with Crippen LogP contribution in [0.4, 0.5) is 13.2 Å². The lowest BCUT2D eigenvalue weighted by atomic mass is 10.1. The largest absolute Gasteiger partial charge is 0.417 e. The van der Waals surface area contributed by atoms with E-state index in [0.29, 0.717) is 16.8 Å². The molecular formula is C16H14ClF3N2O2. The van der Waals surface area contributed by atoms with Gasteiger partial charge in [0, 0.05) is 12.7 Å². The number of hydrogen-bond acceptors (Lipinski definition) is 2. The molecule has 24 heavy (non-hydrogen) atoms. The lowest BCUT2D eigenvalue weighted by molar-refractivity contribution is -0.138. The number of nitrogens with zero attached hydrogens (tertiary/aromatic N) is 1. The molecule has 1 aromatic heterocycles. The van der Waals surface area contributed by atoms with Crippen molar-refractivity contribution in [1.82, 2.24) is 9.88 Å². The van der Waals surface area contributed by atoms with E-state index in [4.69, 9.17) is 11.6 Å². The SMILES string of the molecule is Cc1ccc(CNC(=O)Cn2cc(C(F)(F)F)cc(Cl)c2=O)cc1. The van der Waals surface area contributed by atoms with Gasteiger partial charge in [-0.25, -0.2) is 0 Å². The fourth-order valence-electron chi connectivity index (χ4n) is 1.99. The third-order valence-electron chi connectivity index (χ3n) is 3.29. The number of rotatable bonds is 4. The van der Waals surface area contributed by atoms with Crippen LogP contribution in [-0.4, -0.2) is 10.5 Å². The van der Waals surface area contributed by atoms with E-state index in [1.807, 2.05) is 31.2 Å². The standard InChI is InChI=1S/C16H14ClF3N2O2/c1-10-2-4-11(5-3-10)7-21-14(23)9-22-8-12(16(18,19)20)6-13(17)15(22)24/h2-6,8H,7,9H2,1H3,(H,21,23). The van der Waals surface area contributed by atoms with E-state index in [9.17, 15) is 22.8 Å². The van der Waals surface area contributed by atoms with Crippen molar-refractivity contribution in [2.24, 2.45) is 0 Å². The van der Waals surface area contributed by atoms with Gasteiger partial charge < -0.3 is 9.88 Å². The van der Waals surface area contributed by atoms with Gasteiger partial charge in [0.15, 0.2) is 0 Å². The van der Waals surface area contributed by atoms with Crippen LogP contribution in [0.25, 0.3) is 0 Å². The zero-order valence-corrected chi connectivity index (χ0v) is 13.4. The van der Waals surface area contributed by atoms with E-state index in [-0.39, 0.29) is 6.54 Å². The molecule has 0 saturated heterocycles. The second-order valence-corrected chi connectivity index (χ2v) is 5.68. The number of aryl methyl sites for hydroxylation is 1. The Kier molecular flexibility index (Phi) is 5.33. The van der Waals surface area contributed by atoms with Crippen molar-refractivity contribution in [2.45, 2.75) is 26.2 Å². The summed E-state index contributed by atoms with van der Waals surface area (Å²) in [6, 6.07) is 7.94. The van der Waals surface area contributed by atoms with Gasteiger partial charge in [0.05, 0.1) is 5.56 Å². The van der Waals surface area contributed by atoms with Crippen molar-refractivity contribution in [1.29, 1.82) is 0 Å². The van der Waals surface area contributed by atoms with Crippen molar-refractivity contribution in [3.8, 4) is 0 Å². The highest BCUT2D eigenvalue weighted by Gasteiger charge is 2.32. The number of nitrogens with one attached hydrogen (secondary N) is 1. The molecule has 4 nitrogen and oxygen atoms in total. The molecule has 8 heteroatoms. The first kappa shape index (κ1) is 18.1. The van der Waals surface area contributed by atoms with E-state index in [2.05, 4.69) is 5.32 Å². The smallest absolute Gasteiger partial charge is 0.350 e. The van der Waals surface area contributed by atoms with Gasteiger partial charge in [-0.3, -0.25) is 9.59 Å². The number of alkyl halides is 3. The van der Waals surface area contributed by atoms with E-state index >= 15 is 0 Å². The number of benzene rings is 1. The van der Waals surface area contributed by atoms with E-state index in [1.54, 1.807) is 0 Å². The molecule has 2 rings (SSSR count). The van der Waals surface area contributed by atoms with Gasteiger partial charge in [-0.05, 0) is 18.6 Å². The molecule has 0 fully saturated rings. The Morgan fingerprint density at radius 1 is 1.25 bits per heavy atom. The topological polar surface area (TPSA) is 51.1 Å². The highest BCUT2D eigenvalue weighted by molar-refractivity contribution is 6.30. The molecule has 1 heterocycles. The van der Waals surface area contributed by atoms with Gasteiger partial charge in [-0.1, -0.05) is 41.4 Å². The normalized spacial score (nSPS) is 11.4. The van der Waals surface area contributed by atoms with Crippen molar-refractivity contribution in [3.05, 3.63) is 68.6 Å². The maximum Gasteiger partial charge on any atom is 0.417 e. The molecule has 0 aliphatic carbocycles. The number of carbonyl (C=O) groups is 1. The van der Waals surface area contributed by atoms with Gasteiger partial charge in [0.2, 0.25) is 5.91 Å². The van der Waals surface area contributed by atoms with Crippen LogP contribution in [0.1, 0.15) is 16.7 Å². The third kappa shape index (κ3) is 4.61. The van der Waals surface area contributed by atoms with Crippen LogP contribution in [0.5, 0.6) is 0 Å². The van der Waals surface area contributed by atoms with Crippen LogP contribution in [0.3, 0.4) is 0 Å². The average molecular weight is 359 g/mol. The van der Waals surface area contributed by atoms with E-state index < -0.39 is 34.8 Å². The molecular weight excluding hydrogens is 345 g/mol. The van der Waals surface area contributed by atoms with Gasteiger partial charge in [0.25, 0.3) is 5.56 Å². The van der Waals surface area contributed by atoms with Gasteiger partial charge in [-0.15, -0.1) is 0 Å². The molecule has 0 saturated carbocycles. The molecule has 2 aromatic rings. The number of amides is 1. The minimum atomic E-state index is -4.66. The summed E-state index contributed by atoms with van der Waals surface area (Å²) in [5, 5.41) is 1.96. The molecule has 0 aliphatic heterocycles. The molecule has 0 atom stereocenters. The van der Waals surface area contributed by atoms with Crippen molar-refractivity contribution < 1.29 is 18.0 Å². The maximum atomic E-state index is 12.7. The fraction of sp³-hybridized carbons (Fsp3) is 0.250. The van der Waals surface area contributed by atoms with Crippen molar-refractivity contribution in [2.75, 3.05) is 0 Å². The summed E-state index contributed by atoms with van der Waals surface area (Å²) < 4.78 is 38.9. The highest BCUT2D eigenvalue weighted by atomic mass is 35.5. The number of pyridine rings is 1. The van der Waals surface area contributed by atoms with Crippen LogP contribution >= 0.6 is 11.6 Å². The zero-order chi connectivity index (χ0) is 17.9. The number of aromatic nitrogens is 1. The average Bonchev–Trinajstić information content (AvgIpc) is 2.50.